The maximum atomic E-state index is 13.4. The van der Waals surface area contributed by atoms with Gasteiger partial charge >= 0.3 is 0 Å². The highest BCUT2D eigenvalue weighted by atomic mass is 19.1. The highest BCUT2D eigenvalue weighted by Gasteiger charge is 2.45. The summed E-state index contributed by atoms with van der Waals surface area (Å²) in [6.07, 6.45) is 3.57. The van der Waals surface area contributed by atoms with Crippen LogP contribution in [0.4, 0.5) is 4.39 Å². The number of carbonyl (C=O) groups excluding carboxylic acids is 1. The van der Waals surface area contributed by atoms with Crippen molar-refractivity contribution >= 4 is 5.91 Å². The number of rotatable bonds is 1. The highest BCUT2D eigenvalue weighted by molar-refractivity contribution is 5.77. The van der Waals surface area contributed by atoms with Crippen LogP contribution in [0.2, 0.25) is 0 Å². The third-order valence-electron chi connectivity index (χ3n) is 4.37. The molecular weight excluding hydrogens is 243 g/mol. The Labute approximate surface area is 112 Å². The number of halogens is 1. The van der Waals surface area contributed by atoms with Crippen LogP contribution in [0.15, 0.2) is 24.3 Å². The second-order valence-electron chi connectivity index (χ2n) is 5.65. The summed E-state index contributed by atoms with van der Waals surface area (Å²) in [4.78, 5) is 11.9. The Hall–Kier alpha value is -1.42. The van der Waals surface area contributed by atoms with Gasteiger partial charge < -0.3 is 10.6 Å². The summed E-state index contributed by atoms with van der Waals surface area (Å²) < 4.78 is 13.4. The molecular formula is C15H19FN2O. The van der Waals surface area contributed by atoms with Crippen molar-refractivity contribution in [3.63, 3.8) is 0 Å². The molecule has 1 spiro atoms. The number of carbonyl (C=O) groups is 1. The molecule has 0 bridgehead atoms. The Morgan fingerprint density at radius 2 is 2.21 bits per heavy atom. The zero-order valence-corrected chi connectivity index (χ0v) is 10.9. The molecule has 2 N–H and O–H groups in total. The molecule has 102 valence electrons. The molecule has 0 aliphatic carbocycles. The second kappa shape index (κ2) is 4.93. The van der Waals surface area contributed by atoms with Crippen LogP contribution in [-0.2, 0) is 4.79 Å². The van der Waals surface area contributed by atoms with Gasteiger partial charge in [-0.15, -0.1) is 0 Å². The van der Waals surface area contributed by atoms with E-state index in [4.69, 9.17) is 0 Å². The van der Waals surface area contributed by atoms with E-state index in [-0.39, 0.29) is 23.2 Å². The van der Waals surface area contributed by atoms with Crippen LogP contribution in [0.25, 0.3) is 0 Å². The van der Waals surface area contributed by atoms with Crippen molar-refractivity contribution in [3.05, 3.63) is 35.6 Å². The van der Waals surface area contributed by atoms with Gasteiger partial charge in [0.15, 0.2) is 0 Å². The van der Waals surface area contributed by atoms with Crippen molar-refractivity contribution < 1.29 is 9.18 Å². The van der Waals surface area contributed by atoms with Gasteiger partial charge in [0.25, 0.3) is 0 Å². The monoisotopic (exact) mass is 262 g/mol. The van der Waals surface area contributed by atoms with Crippen LogP contribution in [0, 0.1) is 5.82 Å². The first kappa shape index (κ1) is 12.6. The molecule has 2 aliphatic heterocycles. The van der Waals surface area contributed by atoms with Crippen LogP contribution in [0.5, 0.6) is 0 Å². The first-order valence-corrected chi connectivity index (χ1v) is 6.97. The minimum Gasteiger partial charge on any atom is -0.349 e. The summed E-state index contributed by atoms with van der Waals surface area (Å²) >= 11 is 0. The zero-order chi connectivity index (χ0) is 13.3. The zero-order valence-electron chi connectivity index (χ0n) is 10.9. The Kier molecular flexibility index (Phi) is 3.27. The smallest absolute Gasteiger partial charge is 0.220 e. The quantitative estimate of drug-likeness (QED) is 0.812. The molecule has 2 fully saturated rings. The van der Waals surface area contributed by atoms with E-state index in [2.05, 4.69) is 10.6 Å². The van der Waals surface area contributed by atoms with Crippen molar-refractivity contribution in [1.82, 2.24) is 10.6 Å². The van der Waals surface area contributed by atoms with E-state index in [1.807, 2.05) is 6.07 Å². The predicted molar refractivity (Wildman–Crippen MR) is 71.4 cm³/mol. The molecule has 1 aromatic carbocycles. The second-order valence-corrected chi connectivity index (χ2v) is 5.65. The summed E-state index contributed by atoms with van der Waals surface area (Å²) in [6.45, 7) is 1.57. The summed E-state index contributed by atoms with van der Waals surface area (Å²) in [5.74, 6) is 0.0763. The fraction of sp³-hybridized carbons (Fsp3) is 0.533. The molecule has 0 saturated carbocycles. The van der Waals surface area contributed by atoms with E-state index in [1.165, 1.54) is 6.07 Å². The average molecular weight is 262 g/mol. The van der Waals surface area contributed by atoms with E-state index >= 15 is 0 Å². The third-order valence-corrected chi connectivity index (χ3v) is 4.37. The minimum atomic E-state index is -0.235. The first-order chi connectivity index (χ1) is 9.20. The summed E-state index contributed by atoms with van der Waals surface area (Å²) in [5, 5.41) is 6.56. The Bertz CT molecular complexity index is 491. The van der Waals surface area contributed by atoms with Gasteiger partial charge in [-0.3, -0.25) is 4.79 Å². The van der Waals surface area contributed by atoms with Gasteiger partial charge in [-0.1, -0.05) is 18.6 Å². The van der Waals surface area contributed by atoms with Crippen LogP contribution in [-0.4, -0.2) is 24.5 Å². The third kappa shape index (κ3) is 2.37. The lowest BCUT2D eigenvalue weighted by molar-refractivity contribution is -0.122. The molecule has 3 nitrogen and oxygen atoms in total. The molecule has 2 aliphatic rings. The molecule has 0 unspecified atom stereocenters. The van der Waals surface area contributed by atoms with Gasteiger partial charge in [-0.2, -0.15) is 0 Å². The standard InChI is InChI=1S/C15H19FN2O/c16-12-5-3-4-11(8-12)13-9-17-10-15(13)7-2-1-6-14(19)18-15/h3-5,8,13,17H,1-2,6-7,9-10H2,(H,18,19)/t13-,15+/m0/s1. The number of nitrogens with one attached hydrogen (secondary N) is 2. The number of hydrogen-bond donors (Lipinski definition) is 2. The van der Waals surface area contributed by atoms with E-state index in [0.29, 0.717) is 6.42 Å². The Morgan fingerprint density at radius 3 is 3.05 bits per heavy atom. The number of amides is 1. The molecule has 2 heterocycles. The molecule has 2 saturated heterocycles. The van der Waals surface area contributed by atoms with E-state index in [9.17, 15) is 9.18 Å². The van der Waals surface area contributed by atoms with Crippen LogP contribution in [0.3, 0.4) is 0 Å². The van der Waals surface area contributed by atoms with E-state index < -0.39 is 0 Å². The molecule has 2 atom stereocenters. The van der Waals surface area contributed by atoms with Crippen molar-refractivity contribution in [3.8, 4) is 0 Å². The predicted octanol–water partition coefficient (Wildman–Crippen LogP) is 1.94. The molecule has 1 aromatic rings. The van der Waals surface area contributed by atoms with Crippen LogP contribution < -0.4 is 10.6 Å². The van der Waals surface area contributed by atoms with E-state index in [1.54, 1.807) is 12.1 Å². The molecule has 1 amide bonds. The van der Waals surface area contributed by atoms with Crippen molar-refractivity contribution in [1.29, 1.82) is 0 Å². The Balaban J connectivity index is 1.93. The van der Waals surface area contributed by atoms with Crippen molar-refractivity contribution in [2.45, 2.75) is 37.1 Å². The highest BCUT2D eigenvalue weighted by Crippen LogP contribution is 2.37. The minimum absolute atomic E-state index is 0.127. The Morgan fingerprint density at radius 1 is 1.32 bits per heavy atom. The van der Waals surface area contributed by atoms with Crippen LogP contribution >= 0.6 is 0 Å². The van der Waals surface area contributed by atoms with Gasteiger partial charge in [-0.25, -0.2) is 4.39 Å². The maximum Gasteiger partial charge on any atom is 0.220 e. The van der Waals surface area contributed by atoms with Crippen LogP contribution in [0.1, 0.15) is 37.2 Å². The lowest BCUT2D eigenvalue weighted by atomic mass is 9.79. The lowest BCUT2D eigenvalue weighted by Crippen LogP contribution is -2.52. The maximum absolute atomic E-state index is 13.4. The lowest BCUT2D eigenvalue weighted by Gasteiger charge is -2.35. The SMILES string of the molecule is O=C1CCCC[C@]2(CNC[C@H]2c2cccc(F)c2)N1. The van der Waals surface area contributed by atoms with Crippen molar-refractivity contribution in [2.24, 2.45) is 0 Å². The number of benzene rings is 1. The van der Waals surface area contributed by atoms with Gasteiger partial charge in [-0.05, 0) is 30.5 Å². The summed E-state index contributed by atoms with van der Waals surface area (Å²) in [7, 11) is 0. The van der Waals surface area contributed by atoms with Crippen molar-refractivity contribution in [2.75, 3.05) is 13.1 Å². The molecule has 3 rings (SSSR count). The van der Waals surface area contributed by atoms with E-state index in [0.717, 1.165) is 37.9 Å². The largest absolute Gasteiger partial charge is 0.349 e. The first-order valence-electron chi connectivity index (χ1n) is 6.97. The fourth-order valence-electron chi connectivity index (χ4n) is 3.44. The van der Waals surface area contributed by atoms with Gasteiger partial charge in [0.1, 0.15) is 5.82 Å². The molecule has 4 heteroatoms. The molecule has 0 radical (unpaired) electrons. The van der Waals surface area contributed by atoms with Gasteiger partial charge in [0.2, 0.25) is 5.91 Å². The fourth-order valence-corrected chi connectivity index (χ4v) is 3.44. The summed E-state index contributed by atoms with van der Waals surface area (Å²) in [6, 6.07) is 6.76. The number of hydrogen-bond acceptors (Lipinski definition) is 2. The molecule has 19 heavy (non-hydrogen) atoms. The average Bonchev–Trinajstić information content (AvgIpc) is 2.68. The van der Waals surface area contributed by atoms with Gasteiger partial charge in [0.05, 0.1) is 5.54 Å². The summed E-state index contributed by atoms with van der Waals surface area (Å²) in [5.41, 5.74) is 0.744. The van der Waals surface area contributed by atoms with Gasteiger partial charge in [0, 0.05) is 25.4 Å². The topological polar surface area (TPSA) is 41.1 Å². The normalized spacial score (nSPS) is 31.2. The molecule has 0 aromatic heterocycles.